The standard InChI is InChI=1S/C12H24N4O2/c1-3-5-6-8-10(7-4-2)9-15-12(18)16(13)11(17)14-15/h10H,3-9,13H2,1-2H3,(H,14,17). The van der Waals surface area contributed by atoms with Crippen LogP contribution >= 0.6 is 0 Å². The molecule has 0 fully saturated rings. The molecule has 1 atom stereocenters. The molecule has 0 aliphatic rings. The van der Waals surface area contributed by atoms with Crippen molar-refractivity contribution < 1.29 is 0 Å². The van der Waals surface area contributed by atoms with Gasteiger partial charge in [0.05, 0.1) is 0 Å². The molecule has 0 spiro atoms. The van der Waals surface area contributed by atoms with E-state index in [1.54, 1.807) is 0 Å². The summed E-state index contributed by atoms with van der Waals surface area (Å²) < 4.78 is 1.95. The number of hydrogen-bond acceptors (Lipinski definition) is 3. The van der Waals surface area contributed by atoms with Crippen LogP contribution in [0.15, 0.2) is 9.59 Å². The first-order valence-corrected chi connectivity index (χ1v) is 6.77. The topological polar surface area (TPSA) is 85.8 Å². The molecule has 1 unspecified atom stereocenters. The van der Waals surface area contributed by atoms with Crippen molar-refractivity contribution in [3.8, 4) is 0 Å². The summed E-state index contributed by atoms with van der Waals surface area (Å²) in [5.41, 5.74) is -1.01. The predicted octanol–water partition coefficient (Wildman–Crippen LogP) is 1.05. The van der Waals surface area contributed by atoms with Crippen molar-refractivity contribution in [3.63, 3.8) is 0 Å². The molecule has 1 rings (SSSR count). The van der Waals surface area contributed by atoms with Gasteiger partial charge in [0.2, 0.25) is 0 Å². The van der Waals surface area contributed by atoms with Crippen LogP contribution < -0.4 is 17.2 Å². The summed E-state index contributed by atoms with van der Waals surface area (Å²) >= 11 is 0. The van der Waals surface area contributed by atoms with E-state index in [2.05, 4.69) is 18.9 Å². The summed E-state index contributed by atoms with van der Waals surface area (Å²) in [6.07, 6.45) is 6.81. The Bertz CT molecular complexity index is 457. The fraction of sp³-hybridized carbons (Fsp3) is 0.833. The van der Waals surface area contributed by atoms with Crippen LogP contribution in [0.2, 0.25) is 0 Å². The van der Waals surface area contributed by atoms with Crippen LogP contribution in [0.3, 0.4) is 0 Å². The fourth-order valence-electron chi connectivity index (χ4n) is 2.23. The van der Waals surface area contributed by atoms with Crippen LogP contribution in [0.25, 0.3) is 0 Å². The van der Waals surface area contributed by atoms with E-state index in [4.69, 9.17) is 5.84 Å². The van der Waals surface area contributed by atoms with Gasteiger partial charge in [-0.15, -0.1) is 0 Å². The Morgan fingerprint density at radius 3 is 2.39 bits per heavy atom. The van der Waals surface area contributed by atoms with Gasteiger partial charge in [-0.25, -0.2) is 19.4 Å². The second-order valence-electron chi connectivity index (χ2n) is 4.83. The summed E-state index contributed by atoms with van der Waals surface area (Å²) in [4.78, 5) is 22.9. The summed E-state index contributed by atoms with van der Waals surface area (Å²) in [7, 11) is 0. The first kappa shape index (κ1) is 14.6. The highest BCUT2D eigenvalue weighted by molar-refractivity contribution is 4.71. The lowest BCUT2D eigenvalue weighted by Crippen LogP contribution is -2.35. The van der Waals surface area contributed by atoms with E-state index in [1.807, 2.05) is 0 Å². The summed E-state index contributed by atoms with van der Waals surface area (Å²) in [5, 5.41) is 2.48. The first-order chi connectivity index (χ1) is 8.60. The van der Waals surface area contributed by atoms with Crippen molar-refractivity contribution in [1.29, 1.82) is 0 Å². The molecule has 0 bridgehead atoms. The van der Waals surface area contributed by atoms with Crippen LogP contribution in [0.5, 0.6) is 0 Å². The Morgan fingerprint density at radius 1 is 1.17 bits per heavy atom. The van der Waals surface area contributed by atoms with Crippen molar-refractivity contribution in [2.24, 2.45) is 5.92 Å². The molecule has 0 saturated heterocycles. The zero-order chi connectivity index (χ0) is 13.5. The van der Waals surface area contributed by atoms with Crippen LogP contribution in [-0.4, -0.2) is 14.5 Å². The molecule has 3 N–H and O–H groups in total. The lowest BCUT2D eigenvalue weighted by molar-refractivity contribution is 0.348. The Kier molecular flexibility index (Phi) is 5.74. The van der Waals surface area contributed by atoms with E-state index >= 15 is 0 Å². The summed E-state index contributed by atoms with van der Waals surface area (Å²) in [6.45, 7) is 4.85. The van der Waals surface area contributed by atoms with E-state index in [0.29, 0.717) is 17.1 Å². The van der Waals surface area contributed by atoms with Crippen LogP contribution in [0, 0.1) is 5.92 Å². The largest absolute Gasteiger partial charge is 0.365 e. The number of rotatable bonds is 8. The number of unbranched alkanes of at least 4 members (excludes halogenated alkanes) is 2. The Labute approximate surface area is 107 Å². The molecule has 6 heteroatoms. The van der Waals surface area contributed by atoms with Gasteiger partial charge >= 0.3 is 11.4 Å². The molecule has 0 aromatic carbocycles. The van der Waals surface area contributed by atoms with Gasteiger partial charge in [0, 0.05) is 6.54 Å². The van der Waals surface area contributed by atoms with E-state index in [0.717, 1.165) is 19.3 Å². The van der Waals surface area contributed by atoms with Crippen LogP contribution in [0.4, 0.5) is 0 Å². The number of nitrogen functional groups attached to an aromatic ring is 1. The lowest BCUT2D eigenvalue weighted by Gasteiger charge is -2.15. The van der Waals surface area contributed by atoms with Crippen molar-refractivity contribution in [1.82, 2.24) is 14.5 Å². The smallest absolute Gasteiger partial charge is 0.331 e. The van der Waals surface area contributed by atoms with Gasteiger partial charge in [-0.2, -0.15) is 4.68 Å². The molecule has 1 aromatic heterocycles. The number of nitrogens with two attached hydrogens (primary N) is 1. The number of aromatic amines is 1. The molecule has 0 saturated carbocycles. The van der Waals surface area contributed by atoms with Gasteiger partial charge < -0.3 is 5.84 Å². The van der Waals surface area contributed by atoms with Crippen molar-refractivity contribution >= 4 is 0 Å². The molecule has 18 heavy (non-hydrogen) atoms. The highest BCUT2D eigenvalue weighted by Gasteiger charge is 2.12. The third-order valence-electron chi connectivity index (χ3n) is 3.24. The molecule has 0 aliphatic carbocycles. The molecule has 1 heterocycles. The third-order valence-corrected chi connectivity index (χ3v) is 3.24. The maximum Gasteiger partial charge on any atom is 0.365 e. The Morgan fingerprint density at radius 2 is 1.89 bits per heavy atom. The van der Waals surface area contributed by atoms with Crippen LogP contribution in [0.1, 0.15) is 52.4 Å². The quantitative estimate of drug-likeness (QED) is 0.538. The van der Waals surface area contributed by atoms with Crippen LogP contribution in [-0.2, 0) is 6.54 Å². The van der Waals surface area contributed by atoms with Crippen molar-refractivity contribution in [2.45, 2.75) is 58.9 Å². The predicted molar refractivity (Wildman–Crippen MR) is 72.0 cm³/mol. The minimum Gasteiger partial charge on any atom is -0.331 e. The third kappa shape index (κ3) is 3.78. The monoisotopic (exact) mass is 256 g/mol. The van der Waals surface area contributed by atoms with Gasteiger partial charge in [-0.3, -0.25) is 0 Å². The van der Waals surface area contributed by atoms with Gasteiger partial charge in [-0.05, 0) is 18.8 Å². The Balaban J connectivity index is 2.67. The van der Waals surface area contributed by atoms with E-state index in [-0.39, 0.29) is 0 Å². The van der Waals surface area contributed by atoms with E-state index < -0.39 is 11.4 Å². The van der Waals surface area contributed by atoms with E-state index in [9.17, 15) is 9.59 Å². The zero-order valence-electron chi connectivity index (χ0n) is 11.3. The average Bonchev–Trinajstić information content (AvgIpc) is 2.58. The first-order valence-electron chi connectivity index (χ1n) is 6.77. The molecule has 0 amide bonds. The minimum absolute atomic E-state index is 0.428. The minimum atomic E-state index is -0.552. The number of hydrogen-bond donors (Lipinski definition) is 2. The number of aromatic nitrogens is 3. The molecule has 1 aromatic rings. The second-order valence-corrected chi connectivity index (χ2v) is 4.83. The average molecular weight is 256 g/mol. The number of nitrogens with one attached hydrogen (secondary N) is 1. The van der Waals surface area contributed by atoms with Gasteiger partial charge in [0.25, 0.3) is 0 Å². The summed E-state index contributed by atoms with van der Waals surface area (Å²) in [6, 6.07) is 0. The van der Waals surface area contributed by atoms with E-state index in [1.165, 1.54) is 23.9 Å². The molecule has 0 aliphatic heterocycles. The number of nitrogens with zero attached hydrogens (tertiary/aromatic N) is 2. The summed E-state index contributed by atoms with van der Waals surface area (Å²) in [5.74, 6) is 5.74. The molecular formula is C12H24N4O2. The lowest BCUT2D eigenvalue weighted by atomic mass is 9.96. The fourth-order valence-corrected chi connectivity index (χ4v) is 2.23. The Hall–Kier alpha value is -1.46. The molecule has 6 nitrogen and oxygen atoms in total. The molecule has 0 radical (unpaired) electrons. The van der Waals surface area contributed by atoms with Gasteiger partial charge in [0.1, 0.15) is 0 Å². The van der Waals surface area contributed by atoms with Gasteiger partial charge in [0.15, 0.2) is 0 Å². The van der Waals surface area contributed by atoms with Crippen molar-refractivity contribution in [2.75, 3.05) is 5.84 Å². The molecule has 104 valence electrons. The highest BCUT2D eigenvalue weighted by Crippen LogP contribution is 2.16. The highest BCUT2D eigenvalue weighted by atomic mass is 16.2. The number of H-pyrrole nitrogens is 1. The second kappa shape index (κ2) is 7.08. The van der Waals surface area contributed by atoms with Gasteiger partial charge in [-0.1, -0.05) is 39.5 Å². The van der Waals surface area contributed by atoms with Crippen molar-refractivity contribution in [3.05, 3.63) is 21.0 Å². The zero-order valence-corrected chi connectivity index (χ0v) is 11.3. The molecular weight excluding hydrogens is 232 g/mol. The maximum atomic E-state index is 11.6. The SMILES string of the molecule is CCCCCC(CCC)Cn1[nH]c(=O)n(N)c1=O. The normalized spacial score (nSPS) is 12.8. The maximum absolute atomic E-state index is 11.6.